The minimum absolute atomic E-state index is 0.168. The number of likely N-dealkylation sites (tertiary alicyclic amines) is 1. The fourth-order valence-corrected chi connectivity index (χ4v) is 5.43. The van der Waals surface area contributed by atoms with Gasteiger partial charge in [0.25, 0.3) is 0 Å². The molecule has 0 spiro atoms. The molecule has 7 nitrogen and oxygen atoms in total. The van der Waals surface area contributed by atoms with Gasteiger partial charge in [0.2, 0.25) is 6.79 Å². The van der Waals surface area contributed by atoms with Gasteiger partial charge in [0.05, 0.1) is 0 Å². The fraction of sp³-hybridized carbons (Fsp3) is 0.519. The Bertz CT molecular complexity index is 1040. The lowest BCUT2D eigenvalue weighted by Gasteiger charge is -2.49. The summed E-state index contributed by atoms with van der Waals surface area (Å²) in [6, 6.07) is 11.9. The molecule has 2 aromatic carbocycles. The van der Waals surface area contributed by atoms with Crippen LogP contribution in [0.3, 0.4) is 0 Å². The van der Waals surface area contributed by atoms with Crippen molar-refractivity contribution in [2.75, 3.05) is 44.9 Å². The number of fused-ring (bicyclic) bond motifs is 2. The largest absolute Gasteiger partial charge is 0.471 e. The lowest BCUT2D eigenvalue weighted by molar-refractivity contribution is -0.173. The van der Waals surface area contributed by atoms with E-state index >= 15 is 0 Å². The molecule has 0 radical (unpaired) electrons. The van der Waals surface area contributed by atoms with Crippen LogP contribution in [0.5, 0.6) is 17.2 Å². The summed E-state index contributed by atoms with van der Waals surface area (Å²) >= 11 is 5.86. The van der Waals surface area contributed by atoms with E-state index in [2.05, 4.69) is 29.2 Å². The Kier molecular flexibility index (Phi) is 7.67. The molecule has 2 aromatic rings. The maximum atomic E-state index is 13.5. The van der Waals surface area contributed by atoms with E-state index in [4.69, 9.17) is 30.5 Å². The number of rotatable bonds is 5. The van der Waals surface area contributed by atoms with Crippen molar-refractivity contribution < 1.29 is 23.7 Å². The van der Waals surface area contributed by atoms with Crippen molar-refractivity contribution in [3.63, 3.8) is 0 Å². The average molecular weight is 503 g/mol. The molecular weight excluding hydrogens is 468 g/mol. The molecule has 5 rings (SSSR count). The van der Waals surface area contributed by atoms with E-state index in [9.17, 15) is 4.79 Å². The third-order valence-electron chi connectivity index (χ3n) is 7.02. The minimum atomic E-state index is -0.898. The van der Waals surface area contributed by atoms with Crippen molar-refractivity contribution in [2.45, 2.75) is 45.3 Å². The van der Waals surface area contributed by atoms with E-state index in [1.54, 1.807) is 0 Å². The molecule has 0 amide bonds. The number of alkyl halides is 1. The molecule has 1 saturated heterocycles. The molecule has 0 N–H and O–H groups in total. The molecule has 1 fully saturated rings. The van der Waals surface area contributed by atoms with E-state index in [1.807, 2.05) is 51.9 Å². The molecular formula is C27H35ClN2O5. The number of hydrogen-bond acceptors (Lipinski definition) is 7. The summed E-state index contributed by atoms with van der Waals surface area (Å²) in [5, 5.41) is 0. The first-order chi connectivity index (χ1) is 16.9. The number of hydrogen-bond donors (Lipinski definition) is 0. The number of benzene rings is 2. The zero-order valence-electron chi connectivity index (χ0n) is 21.2. The van der Waals surface area contributed by atoms with Crippen molar-refractivity contribution >= 4 is 23.3 Å². The van der Waals surface area contributed by atoms with Crippen LogP contribution in [0, 0.1) is 5.92 Å². The molecule has 0 aromatic heterocycles. The first kappa shape index (κ1) is 25.5. The quantitative estimate of drug-likeness (QED) is 0.411. The summed E-state index contributed by atoms with van der Waals surface area (Å²) in [5.41, 5.74) is 2.07. The average Bonchev–Trinajstić information content (AvgIpc) is 3.56. The topological polar surface area (TPSA) is 60.5 Å². The number of ether oxygens (including phenoxy) is 4. The highest BCUT2D eigenvalue weighted by molar-refractivity contribution is 6.17. The molecule has 3 unspecified atom stereocenters. The first-order valence-electron chi connectivity index (χ1n) is 12.3. The molecule has 8 heteroatoms. The van der Waals surface area contributed by atoms with Gasteiger partial charge in [-0.15, -0.1) is 0 Å². The fourth-order valence-electron chi connectivity index (χ4n) is 5.32. The molecule has 3 atom stereocenters. The zero-order chi connectivity index (χ0) is 25.2. The Morgan fingerprint density at radius 3 is 2.31 bits per heavy atom. The van der Waals surface area contributed by atoms with Gasteiger partial charge in [-0.3, -0.25) is 9.69 Å². The molecule has 35 heavy (non-hydrogen) atoms. The minimum Gasteiger partial charge on any atom is -0.471 e. The summed E-state index contributed by atoms with van der Waals surface area (Å²) < 4.78 is 23.4. The molecule has 190 valence electrons. The summed E-state index contributed by atoms with van der Waals surface area (Å²) in [4.78, 5) is 17.8. The summed E-state index contributed by atoms with van der Waals surface area (Å²) in [6.07, 6.45) is 2.12. The standard InChI is InChI=1S/C25H29ClN2O5.C2H6/c1-25(28-10-4-5-11-28)23(24(29)30-14-26)22(16-6-8-17(9-7-16)27(2)3)18-12-20-21(32-15-31-20)13-19(18)33-25;1-2/h6-9,12-13,22-23H,4-5,10-11,14-15H2,1-3H3;1-2H3. The highest BCUT2D eigenvalue weighted by Gasteiger charge is 2.56. The maximum absolute atomic E-state index is 13.5. The van der Waals surface area contributed by atoms with E-state index in [0.29, 0.717) is 17.2 Å². The monoisotopic (exact) mass is 502 g/mol. The van der Waals surface area contributed by atoms with Gasteiger partial charge in [0.1, 0.15) is 11.7 Å². The van der Waals surface area contributed by atoms with Crippen molar-refractivity contribution in [1.29, 1.82) is 0 Å². The SMILES string of the molecule is CC.CN(C)c1ccc(C2c3cc4c(cc3OC(C)(N3CCCC3)C2C(=O)OCCl)OCO4)cc1. The van der Waals surface area contributed by atoms with Crippen LogP contribution in [0.15, 0.2) is 36.4 Å². The Hall–Kier alpha value is -2.64. The lowest BCUT2D eigenvalue weighted by atomic mass is 9.72. The molecule has 3 aliphatic heterocycles. The van der Waals surface area contributed by atoms with Gasteiger partial charge in [0, 0.05) is 50.4 Å². The van der Waals surface area contributed by atoms with Crippen LogP contribution in [-0.2, 0) is 9.53 Å². The van der Waals surface area contributed by atoms with E-state index in [1.165, 1.54) is 0 Å². The number of nitrogens with zero attached hydrogens (tertiary/aromatic N) is 2. The Morgan fingerprint density at radius 2 is 1.71 bits per heavy atom. The zero-order valence-corrected chi connectivity index (χ0v) is 21.9. The molecule has 3 heterocycles. The number of carbonyl (C=O) groups is 1. The van der Waals surface area contributed by atoms with Gasteiger partial charge in [-0.25, -0.2) is 0 Å². The molecule has 3 aliphatic rings. The second-order valence-corrected chi connectivity index (χ2v) is 9.33. The molecule has 0 saturated carbocycles. The smallest absolute Gasteiger partial charge is 0.316 e. The van der Waals surface area contributed by atoms with Crippen LogP contribution in [0.4, 0.5) is 5.69 Å². The van der Waals surface area contributed by atoms with Crippen LogP contribution in [-0.4, -0.2) is 56.6 Å². The van der Waals surface area contributed by atoms with Crippen molar-refractivity contribution in [2.24, 2.45) is 5.92 Å². The number of esters is 1. The Balaban J connectivity index is 0.00000141. The van der Waals surface area contributed by atoms with Gasteiger partial charge in [-0.1, -0.05) is 37.6 Å². The third kappa shape index (κ3) is 4.64. The summed E-state index contributed by atoms with van der Waals surface area (Å²) in [7, 11) is 4.01. The van der Waals surface area contributed by atoms with Gasteiger partial charge in [-0.2, -0.15) is 0 Å². The van der Waals surface area contributed by atoms with Gasteiger partial charge < -0.3 is 23.8 Å². The lowest BCUT2D eigenvalue weighted by Crippen LogP contribution is -2.61. The summed E-state index contributed by atoms with van der Waals surface area (Å²) in [6.45, 7) is 7.87. The van der Waals surface area contributed by atoms with Crippen LogP contribution < -0.4 is 19.1 Å². The normalized spacial score (nSPS) is 24.6. The highest BCUT2D eigenvalue weighted by Crippen LogP contribution is 2.53. The third-order valence-corrected chi connectivity index (χ3v) is 7.13. The van der Waals surface area contributed by atoms with E-state index in [0.717, 1.165) is 42.7 Å². The van der Waals surface area contributed by atoms with Crippen molar-refractivity contribution in [3.05, 3.63) is 47.5 Å². The van der Waals surface area contributed by atoms with E-state index < -0.39 is 11.6 Å². The molecule has 0 aliphatic carbocycles. The predicted octanol–water partition coefficient (Wildman–Crippen LogP) is 5.20. The maximum Gasteiger partial charge on any atom is 0.316 e. The van der Waals surface area contributed by atoms with Crippen molar-refractivity contribution in [3.8, 4) is 17.2 Å². The highest BCUT2D eigenvalue weighted by atomic mass is 35.5. The number of anilines is 1. The van der Waals surface area contributed by atoms with Crippen LogP contribution >= 0.6 is 11.6 Å². The number of halogens is 1. The summed E-state index contributed by atoms with van der Waals surface area (Å²) in [5.74, 6) is 0.713. The van der Waals surface area contributed by atoms with Gasteiger partial charge >= 0.3 is 5.97 Å². The van der Waals surface area contributed by atoms with Crippen LogP contribution in [0.1, 0.15) is 50.7 Å². The first-order valence-corrected chi connectivity index (χ1v) is 12.8. The van der Waals surface area contributed by atoms with Crippen LogP contribution in [0.2, 0.25) is 0 Å². The van der Waals surface area contributed by atoms with Crippen LogP contribution in [0.25, 0.3) is 0 Å². The Labute approximate surface area is 212 Å². The van der Waals surface area contributed by atoms with Gasteiger partial charge in [-0.05, 0) is 43.5 Å². The van der Waals surface area contributed by atoms with Gasteiger partial charge in [0.15, 0.2) is 23.3 Å². The second kappa shape index (κ2) is 10.5. The second-order valence-electron chi connectivity index (χ2n) is 9.11. The van der Waals surface area contributed by atoms with E-state index in [-0.39, 0.29) is 24.7 Å². The predicted molar refractivity (Wildman–Crippen MR) is 137 cm³/mol. The Morgan fingerprint density at radius 1 is 1.09 bits per heavy atom. The molecule has 0 bridgehead atoms. The number of carbonyl (C=O) groups excluding carboxylic acids is 1. The van der Waals surface area contributed by atoms with Crippen molar-refractivity contribution in [1.82, 2.24) is 4.90 Å².